The molecule has 23 heavy (non-hydrogen) atoms. The summed E-state index contributed by atoms with van der Waals surface area (Å²) in [5.41, 5.74) is 0. The number of allylic oxidation sites excluding steroid dienone is 10. The molecule has 0 unspecified atom stereocenters. The first-order valence-electron chi connectivity index (χ1n) is 8.22. The van der Waals surface area contributed by atoms with Crippen LogP contribution in [0.5, 0.6) is 0 Å². The van der Waals surface area contributed by atoms with Crippen molar-refractivity contribution in [2.24, 2.45) is 0 Å². The monoisotopic (exact) mass is 324 g/mol. The van der Waals surface area contributed by atoms with E-state index in [1.54, 1.807) is 0 Å². The molecule has 0 amide bonds. The summed E-state index contributed by atoms with van der Waals surface area (Å²) in [4.78, 5) is 10.2. The van der Waals surface area contributed by atoms with Crippen molar-refractivity contribution < 1.29 is 39.5 Å². The van der Waals surface area contributed by atoms with Crippen LogP contribution in [0.25, 0.3) is 0 Å². The van der Waals surface area contributed by atoms with Crippen LogP contribution in [0.2, 0.25) is 0 Å². The van der Waals surface area contributed by atoms with Crippen LogP contribution in [0.15, 0.2) is 60.8 Å². The Morgan fingerprint density at radius 2 is 1.13 bits per heavy atom. The van der Waals surface area contributed by atoms with Crippen LogP contribution in [0.3, 0.4) is 0 Å². The number of carbonyl (C=O) groups excluding carboxylic acids is 1. The van der Waals surface area contributed by atoms with E-state index >= 15 is 0 Å². The fourth-order valence-corrected chi connectivity index (χ4v) is 1.73. The summed E-state index contributed by atoms with van der Waals surface area (Å²) < 4.78 is 0. The second-order valence-corrected chi connectivity index (χ2v) is 4.97. The van der Waals surface area contributed by atoms with E-state index in [1.165, 1.54) is 0 Å². The Morgan fingerprint density at radius 1 is 0.739 bits per heavy atom. The second-order valence-electron chi connectivity index (χ2n) is 4.97. The number of carbonyl (C=O) groups is 1. The van der Waals surface area contributed by atoms with Gasteiger partial charge in [0.15, 0.2) is 0 Å². The van der Waals surface area contributed by atoms with Gasteiger partial charge in [-0.2, -0.15) is 0 Å². The molecule has 0 saturated carbocycles. The molecule has 122 valence electrons. The SMILES string of the molecule is CC/C=C/C/C=C/C/C=C/C/C=C/C/C=C\CCCC(=O)[O-].[Na+]. The van der Waals surface area contributed by atoms with Crippen molar-refractivity contribution in [2.75, 3.05) is 0 Å². The zero-order chi connectivity index (χ0) is 16.3. The molecule has 0 fully saturated rings. The van der Waals surface area contributed by atoms with Gasteiger partial charge in [-0.1, -0.05) is 67.7 Å². The first-order chi connectivity index (χ1) is 10.8. The van der Waals surface area contributed by atoms with Gasteiger partial charge in [0.2, 0.25) is 0 Å². The van der Waals surface area contributed by atoms with E-state index in [0.717, 1.165) is 38.5 Å². The first kappa shape index (κ1) is 24.4. The minimum absolute atomic E-state index is 0. The number of hydrogen-bond acceptors (Lipinski definition) is 2. The van der Waals surface area contributed by atoms with Gasteiger partial charge in [-0.15, -0.1) is 0 Å². The van der Waals surface area contributed by atoms with Crippen LogP contribution in [-0.2, 0) is 4.79 Å². The summed E-state index contributed by atoms with van der Waals surface area (Å²) >= 11 is 0. The normalized spacial score (nSPS) is 12.2. The maximum atomic E-state index is 10.2. The summed E-state index contributed by atoms with van der Waals surface area (Å²) in [6.07, 6.45) is 28.1. The third-order valence-electron chi connectivity index (χ3n) is 2.91. The Hall–Kier alpha value is -0.830. The molecular weight excluding hydrogens is 295 g/mol. The van der Waals surface area contributed by atoms with Crippen LogP contribution >= 0.6 is 0 Å². The zero-order valence-corrected chi connectivity index (χ0v) is 16.7. The zero-order valence-electron chi connectivity index (χ0n) is 14.7. The topological polar surface area (TPSA) is 40.1 Å². The van der Waals surface area contributed by atoms with Crippen molar-refractivity contribution in [3.63, 3.8) is 0 Å². The van der Waals surface area contributed by atoms with E-state index in [-0.39, 0.29) is 36.0 Å². The van der Waals surface area contributed by atoms with E-state index in [1.807, 2.05) is 6.08 Å². The molecule has 0 saturated heterocycles. The maximum absolute atomic E-state index is 10.2. The van der Waals surface area contributed by atoms with Crippen molar-refractivity contribution in [3.05, 3.63) is 60.8 Å². The maximum Gasteiger partial charge on any atom is 1.00 e. The van der Waals surface area contributed by atoms with Gasteiger partial charge in [0.05, 0.1) is 0 Å². The Morgan fingerprint density at radius 3 is 1.52 bits per heavy atom. The molecule has 0 bridgehead atoms. The van der Waals surface area contributed by atoms with Gasteiger partial charge < -0.3 is 9.90 Å². The molecule has 0 rings (SSSR count). The molecule has 2 nitrogen and oxygen atoms in total. The van der Waals surface area contributed by atoms with E-state index in [0.29, 0.717) is 6.42 Å². The van der Waals surface area contributed by atoms with Gasteiger partial charge in [-0.05, 0) is 51.4 Å². The van der Waals surface area contributed by atoms with Gasteiger partial charge in [-0.3, -0.25) is 0 Å². The number of aliphatic carboxylic acids is 1. The fraction of sp³-hybridized carbons (Fsp3) is 0.450. The van der Waals surface area contributed by atoms with Crippen LogP contribution in [0, 0.1) is 0 Å². The van der Waals surface area contributed by atoms with Gasteiger partial charge in [0.1, 0.15) is 0 Å². The number of carboxylic acid groups (broad SMARTS) is 1. The molecule has 0 aliphatic heterocycles. The van der Waals surface area contributed by atoms with Crippen LogP contribution < -0.4 is 34.7 Å². The second kappa shape index (κ2) is 21.2. The Balaban J connectivity index is 0. The standard InChI is InChI=1S/C20H30O2.Na/c1-2-3-4-5-6-7-8-9-10-11-12-13-14-15-16-17-18-19-20(21)22;/h3-4,6-7,9-10,12-13,15-16H,2,5,8,11,14,17-19H2,1H3,(H,21,22);/q;+1/p-1/b4-3+,7-6+,10-9+,13-12+,16-15-;. The molecule has 0 atom stereocenters. The molecule has 0 spiro atoms. The van der Waals surface area contributed by atoms with E-state index < -0.39 is 5.97 Å². The molecule has 0 N–H and O–H groups in total. The molecule has 0 radical (unpaired) electrons. The van der Waals surface area contributed by atoms with Crippen molar-refractivity contribution in [1.82, 2.24) is 0 Å². The van der Waals surface area contributed by atoms with Crippen molar-refractivity contribution in [1.29, 1.82) is 0 Å². The van der Waals surface area contributed by atoms with Gasteiger partial charge in [0, 0.05) is 5.97 Å². The predicted molar refractivity (Wildman–Crippen MR) is 93.3 cm³/mol. The molecule has 0 aromatic heterocycles. The molecular formula is C20H29NaO2. The number of carboxylic acids is 1. The quantitative estimate of drug-likeness (QED) is 0.294. The van der Waals surface area contributed by atoms with Crippen molar-refractivity contribution >= 4 is 5.97 Å². The van der Waals surface area contributed by atoms with Crippen LogP contribution in [0.4, 0.5) is 0 Å². The smallest absolute Gasteiger partial charge is 0.550 e. The number of hydrogen-bond donors (Lipinski definition) is 0. The average Bonchev–Trinajstić information content (AvgIpc) is 2.50. The summed E-state index contributed by atoms with van der Waals surface area (Å²) in [7, 11) is 0. The summed E-state index contributed by atoms with van der Waals surface area (Å²) in [6.45, 7) is 2.14. The van der Waals surface area contributed by atoms with Gasteiger partial charge >= 0.3 is 29.6 Å². The molecule has 3 heteroatoms. The Bertz CT molecular complexity index is 404. The number of rotatable bonds is 13. The minimum atomic E-state index is -0.965. The molecule has 0 aliphatic carbocycles. The molecule has 0 heterocycles. The first-order valence-corrected chi connectivity index (χ1v) is 8.22. The molecule has 0 aromatic rings. The van der Waals surface area contributed by atoms with Crippen LogP contribution in [0.1, 0.15) is 58.3 Å². The summed E-state index contributed by atoms with van der Waals surface area (Å²) in [5, 5.41) is 10.2. The fourth-order valence-electron chi connectivity index (χ4n) is 1.73. The van der Waals surface area contributed by atoms with Gasteiger partial charge in [-0.25, -0.2) is 0 Å². The average molecular weight is 324 g/mol. The molecule has 0 aliphatic rings. The predicted octanol–water partition coefficient (Wildman–Crippen LogP) is 1.66. The Kier molecular flexibility index (Phi) is 22.5. The summed E-state index contributed by atoms with van der Waals surface area (Å²) in [5.74, 6) is -0.965. The third kappa shape index (κ3) is 23.6. The van der Waals surface area contributed by atoms with E-state index in [4.69, 9.17) is 0 Å². The van der Waals surface area contributed by atoms with Crippen molar-refractivity contribution in [2.45, 2.75) is 58.3 Å². The van der Waals surface area contributed by atoms with E-state index in [9.17, 15) is 9.90 Å². The summed E-state index contributed by atoms with van der Waals surface area (Å²) in [6, 6.07) is 0. The third-order valence-corrected chi connectivity index (χ3v) is 2.91. The van der Waals surface area contributed by atoms with E-state index in [2.05, 4.69) is 61.6 Å². The largest absolute Gasteiger partial charge is 1.00 e. The number of unbranched alkanes of at least 4 members (excludes halogenated alkanes) is 1. The minimum Gasteiger partial charge on any atom is -0.550 e. The van der Waals surface area contributed by atoms with Crippen LogP contribution in [-0.4, -0.2) is 5.97 Å². The van der Waals surface area contributed by atoms with Gasteiger partial charge in [0.25, 0.3) is 0 Å². The molecule has 0 aromatic carbocycles. The van der Waals surface area contributed by atoms with Crippen molar-refractivity contribution in [3.8, 4) is 0 Å². The Labute approximate surface area is 164 Å².